The fourth-order valence-electron chi connectivity index (χ4n) is 2.72. The Labute approximate surface area is 162 Å². The first kappa shape index (κ1) is 18.7. The summed E-state index contributed by atoms with van der Waals surface area (Å²) in [5.74, 6) is 0.608. The summed E-state index contributed by atoms with van der Waals surface area (Å²) in [6.45, 7) is 2.04. The number of ketones is 2. The number of thioether (sulfide) groups is 2. The van der Waals surface area contributed by atoms with Crippen LogP contribution in [0.3, 0.4) is 0 Å². The molecule has 0 amide bonds. The molecule has 0 aromatic heterocycles. The summed E-state index contributed by atoms with van der Waals surface area (Å²) in [7, 11) is 0. The molecule has 1 atom stereocenters. The highest BCUT2D eigenvalue weighted by molar-refractivity contribution is 8.22. The van der Waals surface area contributed by atoms with Crippen LogP contribution in [0.4, 0.5) is 0 Å². The van der Waals surface area contributed by atoms with Crippen molar-refractivity contribution in [2.45, 2.75) is 18.6 Å². The van der Waals surface area contributed by atoms with E-state index in [1.165, 1.54) is 0 Å². The van der Waals surface area contributed by atoms with Gasteiger partial charge in [-0.1, -0.05) is 79.7 Å². The maximum Gasteiger partial charge on any atom is 0.198 e. The van der Waals surface area contributed by atoms with Crippen molar-refractivity contribution >= 4 is 41.2 Å². The van der Waals surface area contributed by atoms with Gasteiger partial charge in [-0.3, -0.25) is 9.59 Å². The standard InChI is InChI=1S/C22H20O2S2/c1-2-25-22-20(21(24)17-11-7-4-8-12-17)19(23)15-18(26-22)14-13-16-9-5-3-6-10-16/h3-14,18H,2,15H2,1H3/b14-13+. The summed E-state index contributed by atoms with van der Waals surface area (Å²) in [6, 6.07) is 19.1. The van der Waals surface area contributed by atoms with Gasteiger partial charge in [0.25, 0.3) is 0 Å². The summed E-state index contributed by atoms with van der Waals surface area (Å²) in [5.41, 5.74) is 2.04. The number of rotatable bonds is 6. The lowest BCUT2D eigenvalue weighted by atomic mass is 9.98. The van der Waals surface area contributed by atoms with E-state index < -0.39 is 0 Å². The molecule has 2 nitrogen and oxygen atoms in total. The molecule has 2 aromatic carbocycles. The second-order valence-corrected chi connectivity index (χ2v) is 8.63. The van der Waals surface area contributed by atoms with Gasteiger partial charge in [-0.15, -0.1) is 23.5 Å². The molecule has 0 aliphatic carbocycles. The molecule has 2 aromatic rings. The molecule has 132 valence electrons. The predicted molar refractivity (Wildman–Crippen MR) is 112 cm³/mol. The largest absolute Gasteiger partial charge is 0.294 e. The van der Waals surface area contributed by atoms with Crippen molar-refractivity contribution in [1.82, 2.24) is 0 Å². The first-order valence-corrected chi connectivity index (χ1v) is 10.5. The Balaban J connectivity index is 1.85. The van der Waals surface area contributed by atoms with Crippen LogP contribution in [0.2, 0.25) is 0 Å². The van der Waals surface area contributed by atoms with E-state index in [9.17, 15) is 9.59 Å². The van der Waals surface area contributed by atoms with Crippen molar-refractivity contribution < 1.29 is 9.59 Å². The van der Waals surface area contributed by atoms with Crippen molar-refractivity contribution in [3.8, 4) is 0 Å². The molecule has 0 radical (unpaired) electrons. The summed E-state index contributed by atoms with van der Waals surface area (Å²) in [6.07, 6.45) is 4.47. The molecule has 1 aliphatic heterocycles. The molecule has 1 aliphatic rings. The van der Waals surface area contributed by atoms with Gasteiger partial charge < -0.3 is 0 Å². The Bertz CT molecular complexity index is 839. The van der Waals surface area contributed by atoms with E-state index in [-0.39, 0.29) is 16.8 Å². The fraction of sp³-hybridized carbons (Fsp3) is 0.182. The maximum atomic E-state index is 12.9. The van der Waals surface area contributed by atoms with E-state index in [0.717, 1.165) is 15.6 Å². The number of Topliss-reactive ketones (excluding diaryl/α,β-unsaturated/α-hetero) is 2. The van der Waals surface area contributed by atoms with Gasteiger partial charge in [0.2, 0.25) is 0 Å². The zero-order valence-corrected chi connectivity index (χ0v) is 16.2. The molecule has 0 fully saturated rings. The summed E-state index contributed by atoms with van der Waals surface area (Å²) in [5, 5.41) is 0.0593. The third-order valence-corrected chi connectivity index (χ3v) is 6.41. The number of benzene rings is 2. The van der Waals surface area contributed by atoms with Gasteiger partial charge >= 0.3 is 0 Å². The second kappa shape index (κ2) is 9.06. The minimum Gasteiger partial charge on any atom is -0.294 e. The van der Waals surface area contributed by atoms with Gasteiger partial charge in [-0.05, 0) is 11.3 Å². The second-order valence-electron chi connectivity index (χ2n) is 5.84. The SMILES string of the molecule is CCSC1=C(C(=O)c2ccccc2)C(=O)CC(/C=C/c2ccccc2)S1. The molecule has 0 saturated carbocycles. The minimum absolute atomic E-state index is 0.0590. The van der Waals surface area contributed by atoms with Crippen molar-refractivity contribution in [3.05, 3.63) is 87.7 Å². The van der Waals surface area contributed by atoms with E-state index in [2.05, 4.69) is 6.08 Å². The summed E-state index contributed by atoms with van der Waals surface area (Å²) >= 11 is 3.20. The third-order valence-electron chi connectivity index (χ3n) is 3.97. The van der Waals surface area contributed by atoms with E-state index in [1.54, 1.807) is 35.7 Å². The molecular formula is C22H20O2S2. The van der Waals surface area contributed by atoms with Crippen LogP contribution in [0, 0.1) is 0 Å². The first-order valence-electron chi connectivity index (χ1n) is 8.59. The number of hydrogen-bond donors (Lipinski definition) is 0. The zero-order valence-electron chi connectivity index (χ0n) is 14.6. The van der Waals surface area contributed by atoms with Gasteiger partial charge in [0.05, 0.1) is 9.81 Å². The van der Waals surface area contributed by atoms with Gasteiger partial charge in [0.15, 0.2) is 11.6 Å². The topological polar surface area (TPSA) is 34.1 Å². The average molecular weight is 381 g/mol. The van der Waals surface area contributed by atoms with E-state index in [1.807, 2.05) is 61.5 Å². The zero-order chi connectivity index (χ0) is 18.4. The Kier molecular flexibility index (Phi) is 6.53. The lowest BCUT2D eigenvalue weighted by Crippen LogP contribution is -2.22. The van der Waals surface area contributed by atoms with Crippen LogP contribution in [0.1, 0.15) is 29.3 Å². The van der Waals surface area contributed by atoms with Crippen LogP contribution in [-0.2, 0) is 4.79 Å². The lowest BCUT2D eigenvalue weighted by molar-refractivity contribution is -0.115. The van der Waals surface area contributed by atoms with Gasteiger partial charge in [-0.25, -0.2) is 0 Å². The minimum atomic E-state index is -0.162. The van der Waals surface area contributed by atoms with Crippen molar-refractivity contribution in [2.75, 3.05) is 5.75 Å². The van der Waals surface area contributed by atoms with E-state index in [4.69, 9.17) is 0 Å². The highest BCUT2D eigenvalue weighted by Gasteiger charge is 2.31. The number of carbonyl (C=O) groups is 2. The molecule has 0 bridgehead atoms. The Morgan fingerprint density at radius 3 is 2.42 bits per heavy atom. The normalized spacial score (nSPS) is 17.7. The maximum absolute atomic E-state index is 12.9. The van der Waals surface area contributed by atoms with Crippen LogP contribution in [0.15, 0.2) is 76.5 Å². The number of allylic oxidation sites excluding steroid dienone is 1. The molecule has 0 spiro atoms. The van der Waals surface area contributed by atoms with Crippen LogP contribution in [-0.4, -0.2) is 22.6 Å². The molecule has 4 heteroatoms. The van der Waals surface area contributed by atoms with Crippen LogP contribution in [0.5, 0.6) is 0 Å². The van der Waals surface area contributed by atoms with Gasteiger partial charge in [-0.2, -0.15) is 0 Å². The van der Waals surface area contributed by atoms with E-state index >= 15 is 0 Å². The van der Waals surface area contributed by atoms with Crippen LogP contribution < -0.4 is 0 Å². The number of carbonyl (C=O) groups excluding carboxylic acids is 2. The van der Waals surface area contributed by atoms with Gasteiger partial charge in [0, 0.05) is 17.2 Å². The third kappa shape index (κ3) is 4.57. The highest BCUT2D eigenvalue weighted by atomic mass is 32.2. The Morgan fingerprint density at radius 2 is 1.77 bits per heavy atom. The molecule has 0 N–H and O–H groups in total. The Hall–Kier alpha value is -2.04. The summed E-state index contributed by atoms with van der Waals surface area (Å²) in [4.78, 5) is 25.6. The van der Waals surface area contributed by atoms with E-state index in [0.29, 0.717) is 17.6 Å². The van der Waals surface area contributed by atoms with Crippen LogP contribution >= 0.6 is 23.5 Å². The molecule has 3 rings (SSSR count). The van der Waals surface area contributed by atoms with Crippen molar-refractivity contribution in [1.29, 1.82) is 0 Å². The molecule has 26 heavy (non-hydrogen) atoms. The van der Waals surface area contributed by atoms with Gasteiger partial charge in [0.1, 0.15) is 0 Å². The quantitative estimate of drug-likeness (QED) is 0.481. The first-order chi connectivity index (χ1) is 12.7. The fourth-order valence-corrected chi connectivity index (χ4v) is 5.32. The lowest BCUT2D eigenvalue weighted by Gasteiger charge is -2.23. The predicted octanol–water partition coefficient (Wildman–Crippen LogP) is 5.62. The van der Waals surface area contributed by atoms with Crippen LogP contribution in [0.25, 0.3) is 6.08 Å². The smallest absolute Gasteiger partial charge is 0.198 e. The Morgan fingerprint density at radius 1 is 1.12 bits per heavy atom. The molecular weight excluding hydrogens is 360 g/mol. The molecule has 0 saturated heterocycles. The highest BCUT2D eigenvalue weighted by Crippen LogP contribution is 2.42. The number of hydrogen-bond acceptors (Lipinski definition) is 4. The van der Waals surface area contributed by atoms with Crippen molar-refractivity contribution in [3.63, 3.8) is 0 Å². The molecule has 1 unspecified atom stereocenters. The molecule has 1 heterocycles. The van der Waals surface area contributed by atoms with Crippen molar-refractivity contribution in [2.24, 2.45) is 0 Å². The average Bonchev–Trinajstić information content (AvgIpc) is 2.67. The monoisotopic (exact) mass is 380 g/mol. The summed E-state index contributed by atoms with van der Waals surface area (Å²) < 4.78 is 0.848.